The van der Waals surface area contributed by atoms with Crippen LogP contribution < -0.4 is 0 Å². The second-order valence-corrected chi connectivity index (χ2v) is 7.06. The van der Waals surface area contributed by atoms with Crippen molar-refractivity contribution in [1.29, 1.82) is 0 Å². The van der Waals surface area contributed by atoms with Gasteiger partial charge in [0.1, 0.15) is 0 Å². The van der Waals surface area contributed by atoms with Crippen LogP contribution in [0.1, 0.15) is 17.0 Å². The predicted molar refractivity (Wildman–Crippen MR) is 99.6 cm³/mol. The van der Waals surface area contributed by atoms with Crippen molar-refractivity contribution in [3.8, 4) is 0 Å². The van der Waals surface area contributed by atoms with Gasteiger partial charge in [0.05, 0.1) is 5.69 Å². The fourth-order valence-corrected chi connectivity index (χ4v) is 3.77. The molecular formula is C19H17NS2. The molecule has 3 rings (SSSR count). The van der Waals surface area contributed by atoms with Gasteiger partial charge in [-0.3, -0.25) is 4.99 Å². The van der Waals surface area contributed by atoms with Gasteiger partial charge in [-0.2, -0.15) is 0 Å². The number of hydrogen-bond donors (Lipinski definition) is 0. The van der Waals surface area contributed by atoms with Crippen molar-refractivity contribution in [2.75, 3.05) is 0 Å². The Balaban J connectivity index is 1.76. The number of aliphatic imine (C=N–C) groups is 1. The summed E-state index contributed by atoms with van der Waals surface area (Å²) in [5.41, 5.74) is 3.44. The van der Waals surface area contributed by atoms with Crippen molar-refractivity contribution < 1.29 is 0 Å². The number of allylic oxidation sites excluding steroid dienone is 2. The van der Waals surface area contributed by atoms with Crippen molar-refractivity contribution in [3.63, 3.8) is 0 Å². The SMILES string of the molecule is C=Nc1cc(Sc2ccc(C3C=CSC=C3)cc2)ccc1C. The minimum Gasteiger partial charge on any atom is -0.264 e. The Labute approximate surface area is 140 Å². The molecule has 3 heteroatoms. The second kappa shape index (κ2) is 7.03. The number of aryl methyl sites for hydroxylation is 1. The van der Waals surface area contributed by atoms with Gasteiger partial charge in [0, 0.05) is 15.7 Å². The van der Waals surface area contributed by atoms with Crippen molar-refractivity contribution in [1.82, 2.24) is 0 Å². The highest BCUT2D eigenvalue weighted by Crippen LogP contribution is 2.33. The molecule has 0 saturated carbocycles. The third-order valence-electron chi connectivity index (χ3n) is 3.58. The zero-order valence-corrected chi connectivity index (χ0v) is 14.0. The summed E-state index contributed by atoms with van der Waals surface area (Å²) >= 11 is 3.48. The molecule has 0 aliphatic carbocycles. The maximum atomic E-state index is 4.07. The minimum absolute atomic E-state index is 0.399. The average Bonchev–Trinajstić information content (AvgIpc) is 2.58. The minimum atomic E-state index is 0.399. The standard InChI is InChI=1S/C19H17NS2/c1-14-3-6-18(13-19(14)20-2)22-17-7-4-15(5-8-17)16-9-11-21-12-10-16/h3-13,16H,2H2,1H3. The van der Waals surface area contributed by atoms with Gasteiger partial charge in [-0.1, -0.05) is 42.1 Å². The normalized spacial score (nSPS) is 14.2. The van der Waals surface area contributed by atoms with E-state index in [0.29, 0.717) is 5.92 Å². The molecule has 0 unspecified atom stereocenters. The molecule has 2 aromatic rings. The van der Waals surface area contributed by atoms with E-state index in [1.54, 1.807) is 23.5 Å². The van der Waals surface area contributed by atoms with Crippen molar-refractivity contribution in [3.05, 3.63) is 76.6 Å². The van der Waals surface area contributed by atoms with Crippen LogP contribution in [-0.4, -0.2) is 6.72 Å². The highest BCUT2D eigenvalue weighted by Gasteiger charge is 2.07. The summed E-state index contributed by atoms with van der Waals surface area (Å²) in [7, 11) is 0. The summed E-state index contributed by atoms with van der Waals surface area (Å²) < 4.78 is 0. The lowest BCUT2D eigenvalue weighted by atomic mass is 10.00. The average molecular weight is 323 g/mol. The Morgan fingerprint density at radius 1 is 1.00 bits per heavy atom. The molecule has 2 aromatic carbocycles. The summed E-state index contributed by atoms with van der Waals surface area (Å²) in [4.78, 5) is 6.49. The Kier molecular flexibility index (Phi) is 4.86. The maximum absolute atomic E-state index is 4.07. The van der Waals surface area contributed by atoms with E-state index in [0.717, 1.165) is 11.3 Å². The van der Waals surface area contributed by atoms with E-state index in [4.69, 9.17) is 0 Å². The van der Waals surface area contributed by atoms with Gasteiger partial charge in [0.2, 0.25) is 0 Å². The number of hydrogen-bond acceptors (Lipinski definition) is 3. The smallest absolute Gasteiger partial charge is 0.0662 e. The molecule has 0 bridgehead atoms. The van der Waals surface area contributed by atoms with Crippen LogP contribution in [0, 0.1) is 6.92 Å². The Morgan fingerprint density at radius 3 is 2.36 bits per heavy atom. The molecule has 0 N–H and O–H groups in total. The lowest BCUT2D eigenvalue weighted by molar-refractivity contribution is 1.08. The predicted octanol–water partition coefficient (Wildman–Crippen LogP) is 6.34. The molecule has 110 valence electrons. The van der Waals surface area contributed by atoms with Gasteiger partial charge in [-0.15, -0.1) is 11.8 Å². The molecule has 0 spiro atoms. The summed E-state index contributed by atoms with van der Waals surface area (Å²) in [6, 6.07) is 15.1. The van der Waals surface area contributed by atoms with Crippen molar-refractivity contribution >= 4 is 35.9 Å². The number of thioether (sulfide) groups is 1. The van der Waals surface area contributed by atoms with E-state index in [1.165, 1.54) is 15.4 Å². The van der Waals surface area contributed by atoms with Crippen LogP contribution in [-0.2, 0) is 0 Å². The van der Waals surface area contributed by atoms with Crippen molar-refractivity contribution in [2.45, 2.75) is 22.6 Å². The van der Waals surface area contributed by atoms with Gasteiger partial charge in [0.25, 0.3) is 0 Å². The quantitative estimate of drug-likeness (QED) is 0.609. The number of benzene rings is 2. The zero-order valence-electron chi connectivity index (χ0n) is 12.4. The van der Waals surface area contributed by atoms with Crippen LogP contribution in [0.2, 0.25) is 0 Å². The number of nitrogens with zero attached hydrogens (tertiary/aromatic N) is 1. The molecule has 0 amide bonds. The summed E-state index contributed by atoms with van der Waals surface area (Å²) in [6.07, 6.45) is 4.46. The molecule has 0 atom stereocenters. The molecule has 1 aliphatic heterocycles. The lowest BCUT2D eigenvalue weighted by Crippen LogP contribution is -1.92. The monoisotopic (exact) mass is 323 g/mol. The van der Waals surface area contributed by atoms with Gasteiger partial charge in [-0.05, 0) is 59.8 Å². The molecule has 1 aliphatic rings. The molecule has 0 saturated heterocycles. The van der Waals surface area contributed by atoms with E-state index >= 15 is 0 Å². The molecular weight excluding hydrogens is 306 g/mol. The first kappa shape index (κ1) is 15.2. The Morgan fingerprint density at radius 2 is 1.68 bits per heavy atom. The second-order valence-electron chi connectivity index (χ2n) is 5.10. The zero-order chi connectivity index (χ0) is 15.4. The molecule has 0 fully saturated rings. The molecule has 1 heterocycles. The van der Waals surface area contributed by atoms with Crippen LogP contribution in [0.25, 0.3) is 0 Å². The van der Waals surface area contributed by atoms with Crippen LogP contribution in [0.3, 0.4) is 0 Å². The van der Waals surface area contributed by atoms with Crippen LogP contribution in [0.4, 0.5) is 5.69 Å². The number of rotatable bonds is 4. The summed E-state index contributed by atoms with van der Waals surface area (Å²) in [5.74, 6) is 0.399. The van der Waals surface area contributed by atoms with E-state index in [1.807, 2.05) is 0 Å². The van der Waals surface area contributed by atoms with E-state index in [9.17, 15) is 0 Å². The maximum Gasteiger partial charge on any atom is 0.0662 e. The molecule has 22 heavy (non-hydrogen) atoms. The third-order valence-corrected chi connectivity index (χ3v) is 5.21. The fraction of sp³-hybridized carbons (Fsp3) is 0.105. The molecule has 0 aromatic heterocycles. The summed E-state index contributed by atoms with van der Waals surface area (Å²) in [5, 5.41) is 4.28. The largest absolute Gasteiger partial charge is 0.264 e. The molecule has 0 radical (unpaired) electrons. The highest BCUT2D eigenvalue weighted by molar-refractivity contribution is 8.04. The third kappa shape index (κ3) is 3.54. The van der Waals surface area contributed by atoms with Gasteiger partial charge < -0.3 is 0 Å². The summed E-state index contributed by atoms with van der Waals surface area (Å²) in [6.45, 7) is 5.68. The van der Waals surface area contributed by atoms with E-state index in [2.05, 4.69) is 84.1 Å². The van der Waals surface area contributed by atoms with Crippen LogP contribution in [0.15, 0.2) is 80.2 Å². The Bertz CT molecular complexity index is 718. The van der Waals surface area contributed by atoms with Gasteiger partial charge in [-0.25, -0.2) is 0 Å². The Hall–Kier alpha value is -1.71. The first-order valence-corrected chi connectivity index (χ1v) is 8.86. The van der Waals surface area contributed by atoms with Crippen LogP contribution >= 0.6 is 23.5 Å². The lowest BCUT2D eigenvalue weighted by Gasteiger charge is -2.12. The highest BCUT2D eigenvalue weighted by atomic mass is 32.2. The fourth-order valence-electron chi connectivity index (χ4n) is 2.31. The van der Waals surface area contributed by atoms with Crippen molar-refractivity contribution in [2.24, 2.45) is 4.99 Å². The first-order valence-electron chi connectivity index (χ1n) is 7.10. The molecule has 1 nitrogen and oxygen atoms in total. The first-order chi connectivity index (χ1) is 10.8. The van der Waals surface area contributed by atoms with Gasteiger partial charge >= 0.3 is 0 Å². The van der Waals surface area contributed by atoms with E-state index < -0.39 is 0 Å². The van der Waals surface area contributed by atoms with E-state index in [-0.39, 0.29) is 0 Å². The topological polar surface area (TPSA) is 12.4 Å². The van der Waals surface area contributed by atoms with Gasteiger partial charge in [0.15, 0.2) is 0 Å². The van der Waals surface area contributed by atoms with Crippen LogP contribution in [0.5, 0.6) is 0 Å².